The smallest absolute Gasteiger partial charge is 0.231 e. The van der Waals surface area contributed by atoms with Crippen LogP contribution in [0.2, 0.25) is 0 Å². The van der Waals surface area contributed by atoms with Crippen LogP contribution >= 0.6 is 0 Å². The molecule has 4 N–H and O–H groups in total. The minimum atomic E-state index is -0.663. The number of hydrogen-bond acceptors (Lipinski definition) is 3. The first-order valence-corrected chi connectivity index (χ1v) is 6.77. The summed E-state index contributed by atoms with van der Waals surface area (Å²) < 4.78 is 0. The third-order valence-electron chi connectivity index (χ3n) is 3.44. The van der Waals surface area contributed by atoms with Crippen molar-refractivity contribution in [1.82, 2.24) is 5.32 Å². The van der Waals surface area contributed by atoms with Gasteiger partial charge in [-0.25, -0.2) is 0 Å². The number of oxime groups is 1. The molecule has 0 aliphatic heterocycles. The molecule has 0 saturated heterocycles. The molecule has 1 rings (SSSR count). The lowest BCUT2D eigenvalue weighted by Crippen LogP contribution is -2.45. The number of nitrogens with zero attached hydrogens (tertiary/aromatic N) is 1. The average Bonchev–Trinajstić information content (AvgIpc) is 2.44. The zero-order chi connectivity index (χ0) is 15.1. The lowest BCUT2D eigenvalue weighted by molar-refractivity contribution is -0.124. The maximum atomic E-state index is 12.3. The van der Waals surface area contributed by atoms with E-state index < -0.39 is 5.92 Å². The fourth-order valence-electron chi connectivity index (χ4n) is 1.74. The van der Waals surface area contributed by atoms with Gasteiger partial charge in [-0.3, -0.25) is 4.79 Å². The Bertz CT molecular complexity index is 457. The minimum Gasteiger partial charge on any atom is -0.409 e. The van der Waals surface area contributed by atoms with Crippen molar-refractivity contribution in [3.63, 3.8) is 0 Å². The van der Waals surface area contributed by atoms with E-state index in [1.54, 1.807) is 0 Å². The quantitative estimate of drug-likeness (QED) is 0.320. The number of nitrogens with one attached hydrogen (secondary N) is 1. The number of nitrogens with two attached hydrogens (primary N) is 1. The van der Waals surface area contributed by atoms with E-state index in [4.69, 9.17) is 10.9 Å². The van der Waals surface area contributed by atoms with Crippen LogP contribution in [0.3, 0.4) is 0 Å². The SMILES string of the molecule is CC(C)C(C)NC(=O)C(Cc1ccccc1)C(N)=NO. The molecule has 20 heavy (non-hydrogen) atoms. The summed E-state index contributed by atoms with van der Waals surface area (Å²) in [5, 5.41) is 14.8. The zero-order valence-electron chi connectivity index (χ0n) is 12.2. The van der Waals surface area contributed by atoms with E-state index in [1.165, 1.54) is 0 Å². The van der Waals surface area contributed by atoms with Gasteiger partial charge in [-0.05, 0) is 24.8 Å². The van der Waals surface area contributed by atoms with Crippen LogP contribution < -0.4 is 11.1 Å². The van der Waals surface area contributed by atoms with E-state index >= 15 is 0 Å². The van der Waals surface area contributed by atoms with Gasteiger partial charge in [0, 0.05) is 6.04 Å². The topological polar surface area (TPSA) is 87.7 Å². The molecule has 5 heteroatoms. The van der Waals surface area contributed by atoms with Crippen molar-refractivity contribution >= 4 is 11.7 Å². The van der Waals surface area contributed by atoms with Crippen molar-refractivity contribution in [3.8, 4) is 0 Å². The summed E-state index contributed by atoms with van der Waals surface area (Å²) in [6, 6.07) is 9.56. The molecule has 0 aliphatic carbocycles. The number of amidine groups is 1. The normalized spacial score (nSPS) is 14.9. The molecular formula is C15H23N3O2. The lowest BCUT2D eigenvalue weighted by atomic mass is 9.96. The van der Waals surface area contributed by atoms with Crippen LogP contribution in [-0.2, 0) is 11.2 Å². The Morgan fingerprint density at radius 2 is 1.90 bits per heavy atom. The highest BCUT2D eigenvalue weighted by Gasteiger charge is 2.25. The minimum absolute atomic E-state index is 0.0345. The van der Waals surface area contributed by atoms with Crippen molar-refractivity contribution in [3.05, 3.63) is 35.9 Å². The number of benzene rings is 1. The molecule has 2 atom stereocenters. The largest absolute Gasteiger partial charge is 0.409 e. The van der Waals surface area contributed by atoms with E-state index in [1.807, 2.05) is 51.1 Å². The maximum Gasteiger partial charge on any atom is 0.231 e. The van der Waals surface area contributed by atoms with Crippen LogP contribution in [0.4, 0.5) is 0 Å². The van der Waals surface area contributed by atoms with Crippen molar-refractivity contribution < 1.29 is 10.0 Å². The first-order valence-electron chi connectivity index (χ1n) is 6.77. The molecule has 5 nitrogen and oxygen atoms in total. The second-order valence-electron chi connectivity index (χ2n) is 5.31. The third kappa shape index (κ3) is 4.57. The predicted molar refractivity (Wildman–Crippen MR) is 79.5 cm³/mol. The molecule has 0 fully saturated rings. The van der Waals surface area contributed by atoms with E-state index in [2.05, 4.69) is 10.5 Å². The summed E-state index contributed by atoms with van der Waals surface area (Å²) in [7, 11) is 0. The molecule has 1 aromatic carbocycles. The molecule has 0 spiro atoms. The molecule has 0 aromatic heterocycles. The summed E-state index contributed by atoms with van der Waals surface area (Å²) in [6.07, 6.45) is 0.410. The fraction of sp³-hybridized carbons (Fsp3) is 0.467. The van der Waals surface area contributed by atoms with E-state index in [0.29, 0.717) is 12.3 Å². The van der Waals surface area contributed by atoms with E-state index in [9.17, 15) is 4.79 Å². The molecule has 2 unspecified atom stereocenters. The molecule has 1 amide bonds. The molecule has 0 radical (unpaired) electrons. The van der Waals surface area contributed by atoms with E-state index in [-0.39, 0.29) is 17.8 Å². The highest BCUT2D eigenvalue weighted by atomic mass is 16.4. The molecule has 1 aromatic rings. The average molecular weight is 277 g/mol. The third-order valence-corrected chi connectivity index (χ3v) is 3.44. The Labute approximate surface area is 119 Å². The maximum absolute atomic E-state index is 12.3. The Balaban J connectivity index is 2.82. The first kappa shape index (κ1) is 16.0. The van der Waals surface area contributed by atoms with Gasteiger partial charge in [0.1, 0.15) is 5.92 Å². The van der Waals surface area contributed by atoms with Crippen LogP contribution in [-0.4, -0.2) is 23.0 Å². The van der Waals surface area contributed by atoms with Gasteiger partial charge in [0.05, 0.1) is 0 Å². The molecule has 0 heterocycles. The van der Waals surface area contributed by atoms with Crippen LogP contribution in [0.5, 0.6) is 0 Å². The molecule has 0 saturated carbocycles. The Morgan fingerprint density at radius 3 is 2.40 bits per heavy atom. The Hall–Kier alpha value is -2.04. The summed E-state index contributed by atoms with van der Waals surface area (Å²) in [5.41, 5.74) is 6.63. The van der Waals surface area contributed by atoms with Gasteiger partial charge in [0.2, 0.25) is 5.91 Å². The van der Waals surface area contributed by atoms with E-state index in [0.717, 1.165) is 5.56 Å². The van der Waals surface area contributed by atoms with Crippen molar-refractivity contribution in [2.45, 2.75) is 33.2 Å². The van der Waals surface area contributed by atoms with Crippen LogP contribution in [0.25, 0.3) is 0 Å². The first-order chi connectivity index (χ1) is 9.45. The molecule has 0 bridgehead atoms. The van der Waals surface area contributed by atoms with Crippen LogP contribution in [0.1, 0.15) is 26.3 Å². The fourth-order valence-corrected chi connectivity index (χ4v) is 1.74. The Kier molecular flexibility index (Phi) is 6.03. The Morgan fingerprint density at radius 1 is 1.30 bits per heavy atom. The van der Waals surface area contributed by atoms with Gasteiger partial charge in [-0.15, -0.1) is 0 Å². The number of carbonyl (C=O) groups excluding carboxylic acids is 1. The summed E-state index contributed by atoms with van der Waals surface area (Å²) in [5.74, 6) is -0.625. The zero-order valence-corrected chi connectivity index (χ0v) is 12.2. The standard InChI is InChI=1S/C15H23N3O2/c1-10(2)11(3)17-15(19)13(14(16)18-20)9-12-7-5-4-6-8-12/h4-8,10-11,13,20H,9H2,1-3H3,(H2,16,18)(H,17,19). The van der Waals surface area contributed by atoms with Crippen molar-refractivity contribution in [1.29, 1.82) is 0 Å². The second kappa shape index (κ2) is 7.53. The monoisotopic (exact) mass is 277 g/mol. The predicted octanol–water partition coefficient (Wildman–Crippen LogP) is 1.75. The summed E-state index contributed by atoms with van der Waals surface area (Å²) >= 11 is 0. The number of hydrogen-bond donors (Lipinski definition) is 3. The summed E-state index contributed by atoms with van der Waals surface area (Å²) in [4.78, 5) is 12.3. The van der Waals surface area contributed by atoms with Gasteiger partial charge < -0.3 is 16.3 Å². The number of carbonyl (C=O) groups is 1. The number of rotatable bonds is 6. The molecule has 110 valence electrons. The van der Waals surface area contributed by atoms with Gasteiger partial charge in [0.15, 0.2) is 5.84 Å². The number of amides is 1. The van der Waals surface area contributed by atoms with Gasteiger partial charge in [-0.1, -0.05) is 49.3 Å². The molecule has 0 aliphatic rings. The van der Waals surface area contributed by atoms with Gasteiger partial charge >= 0.3 is 0 Å². The van der Waals surface area contributed by atoms with Crippen LogP contribution in [0.15, 0.2) is 35.5 Å². The summed E-state index contributed by atoms with van der Waals surface area (Å²) in [6.45, 7) is 6.00. The van der Waals surface area contributed by atoms with Gasteiger partial charge in [0.25, 0.3) is 0 Å². The van der Waals surface area contributed by atoms with Crippen LogP contribution in [0, 0.1) is 11.8 Å². The van der Waals surface area contributed by atoms with Crippen molar-refractivity contribution in [2.75, 3.05) is 0 Å². The molecular weight excluding hydrogens is 254 g/mol. The second-order valence-corrected chi connectivity index (χ2v) is 5.31. The highest BCUT2D eigenvalue weighted by molar-refractivity contribution is 6.02. The van der Waals surface area contributed by atoms with Crippen molar-refractivity contribution in [2.24, 2.45) is 22.7 Å². The van der Waals surface area contributed by atoms with Gasteiger partial charge in [-0.2, -0.15) is 0 Å². The lowest BCUT2D eigenvalue weighted by Gasteiger charge is -2.21. The highest BCUT2D eigenvalue weighted by Crippen LogP contribution is 2.11.